The predicted molar refractivity (Wildman–Crippen MR) is 111 cm³/mol. The molecule has 1 aromatic rings. The Kier molecular flexibility index (Phi) is 6.34. The monoisotopic (exact) mass is 435 g/mol. The number of carbonyl (C=O) groups excluding carboxylic acids is 2. The van der Waals surface area contributed by atoms with Crippen LogP contribution in [0.15, 0.2) is 22.8 Å². The lowest BCUT2D eigenvalue weighted by molar-refractivity contribution is -0.142. The van der Waals surface area contributed by atoms with Gasteiger partial charge >= 0.3 is 0 Å². The zero-order valence-corrected chi connectivity index (χ0v) is 18.5. The molecule has 7 nitrogen and oxygen atoms in total. The molecule has 0 bridgehead atoms. The van der Waals surface area contributed by atoms with Gasteiger partial charge in [0.05, 0.1) is 18.3 Å². The molecule has 4 rings (SSSR count). The van der Waals surface area contributed by atoms with Crippen LogP contribution in [0, 0.1) is 11.8 Å². The molecule has 2 amide bonds. The van der Waals surface area contributed by atoms with Crippen LogP contribution in [0.2, 0.25) is 0 Å². The quantitative estimate of drug-likeness (QED) is 0.681. The molecule has 0 radical (unpaired) electrons. The molecule has 1 aliphatic heterocycles. The number of fused-ring (bicyclic) bond motifs is 1. The number of hydrogen-bond acceptors (Lipinski definition) is 5. The van der Waals surface area contributed by atoms with Crippen molar-refractivity contribution < 1.29 is 22.8 Å². The fourth-order valence-electron chi connectivity index (χ4n) is 6.16. The summed E-state index contributed by atoms with van der Waals surface area (Å²) < 4.78 is 28.0. The summed E-state index contributed by atoms with van der Waals surface area (Å²) in [4.78, 5) is 29.5. The number of piperazine rings is 1. The van der Waals surface area contributed by atoms with Crippen molar-refractivity contribution in [2.24, 2.45) is 11.8 Å². The highest BCUT2D eigenvalue weighted by Crippen LogP contribution is 2.43. The fraction of sp³-hybridized carbons (Fsp3) is 0.727. The van der Waals surface area contributed by atoms with Gasteiger partial charge in [0.25, 0.3) is 5.91 Å². The van der Waals surface area contributed by atoms with Gasteiger partial charge in [-0.25, -0.2) is 0 Å². The van der Waals surface area contributed by atoms with Crippen molar-refractivity contribution >= 4 is 22.9 Å². The third kappa shape index (κ3) is 4.08. The van der Waals surface area contributed by atoms with Gasteiger partial charge in [-0.1, -0.05) is 11.1 Å². The van der Waals surface area contributed by atoms with E-state index in [2.05, 4.69) is 0 Å². The third-order valence-corrected chi connectivity index (χ3v) is 8.54. The molecular weight excluding hydrogens is 404 g/mol. The second-order valence-electron chi connectivity index (χ2n) is 9.22. The minimum absolute atomic E-state index is 0.0205. The Morgan fingerprint density at radius 3 is 2.40 bits per heavy atom. The van der Waals surface area contributed by atoms with Crippen molar-refractivity contribution in [2.45, 2.75) is 82.2 Å². The minimum Gasteiger partial charge on any atom is -0.772 e. The standard InChI is InChI=1S/C22H32N2O5S/c1-14-13-23(22(26)21-4-3-11-29-21)20-12-17(7-10-19(20)24(14)15(2)25)16-5-8-18(9-6-16)30(27)28/h3-4,11,14,16-20H,5-10,12-13H2,1-2H3,(H,27,28)/p-1/t14-,16?,17?,18?,19?,20?/m0/s1. The maximum absolute atomic E-state index is 13.2. The van der Waals surface area contributed by atoms with Gasteiger partial charge in [0.2, 0.25) is 5.91 Å². The van der Waals surface area contributed by atoms with Crippen LogP contribution in [0.4, 0.5) is 0 Å². The van der Waals surface area contributed by atoms with E-state index in [1.165, 1.54) is 6.26 Å². The van der Waals surface area contributed by atoms with Gasteiger partial charge in [-0.05, 0) is 75.8 Å². The van der Waals surface area contributed by atoms with Crippen LogP contribution in [0.3, 0.4) is 0 Å². The van der Waals surface area contributed by atoms with Crippen molar-refractivity contribution in [3.8, 4) is 0 Å². The summed E-state index contributed by atoms with van der Waals surface area (Å²) >= 11 is -1.98. The zero-order chi connectivity index (χ0) is 21.4. The fourth-order valence-corrected chi connectivity index (χ4v) is 6.81. The Labute approximate surface area is 180 Å². The number of nitrogens with zero attached hydrogens (tertiary/aromatic N) is 2. The van der Waals surface area contributed by atoms with Crippen LogP contribution in [0.1, 0.15) is 69.3 Å². The average Bonchev–Trinajstić information content (AvgIpc) is 3.27. The highest BCUT2D eigenvalue weighted by atomic mass is 32.2. The highest BCUT2D eigenvalue weighted by Gasteiger charge is 2.48. The van der Waals surface area contributed by atoms with Crippen molar-refractivity contribution in [3.63, 3.8) is 0 Å². The molecule has 166 valence electrons. The molecule has 8 heteroatoms. The van der Waals surface area contributed by atoms with E-state index in [0.29, 0.717) is 24.1 Å². The van der Waals surface area contributed by atoms with E-state index < -0.39 is 11.1 Å². The molecule has 1 saturated heterocycles. The van der Waals surface area contributed by atoms with Crippen LogP contribution in [0.5, 0.6) is 0 Å². The maximum Gasteiger partial charge on any atom is 0.289 e. The molecule has 5 atom stereocenters. The molecule has 3 fully saturated rings. The van der Waals surface area contributed by atoms with Crippen LogP contribution in [-0.2, 0) is 15.9 Å². The van der Waals surface area contributed by atoms with E-state index in [0.717, 1.165) is 44.9 Å². The van der Waals surface area contributed by atoms with Gasteiger partial charge in [-0.3, -0.25) is 13.8 Å². The molecule has 0 N–H and O–H groups in total. The summed E-state index contributed by atoms with van der Waals surface area (Å²) in [5, 5.41) is -0.210. The van der Waals surface area contributed by atoms with Crippen molar-refractivity contribution in [1.29, 1.82) is 0 Å². The Balaban J connectivity index is 1.53. The van der Waals surface area contributed by atoms with E-state index in [9.17, 15) is 18.4 Å². The first-order valence-corrected chi connectivity index (χ1v) is 12.2. The topological polar surface area (TPSA) is 93.9 Å². The summed E-state index contributed by atoms with van der Waals surface area (Å²) in [6, 6.07) is 3.41. The Hall–Kier alpha value is -1.67. The lowest BCUT2D eigenvalue weighted by Crippen LogP contribution is -2.67. The molecule has 4 unspecified atom stereocenters. The number of furan rings is 1. The van der Waals surface area contributed by atoms with Gasteiger partial charge in [0, 0.05) is 24.8 Å². The summed E-state index contributed by atoms with van der Waals surface area (Å²) in [5.74, 6) is 1.27. The van der Waals surface area contributed by atoms with Crippen molar-refractivity contribution in [2.75, 3.05) is 6.54 Å². The molecule has 0 aromatic carbocycles. The first-order chi connectivity index (χ1) is 14.4. The molecule has 3 aliphatic rings. The molecular formula is C22H31N2O5S-. The number of rotatable bonds is 3. The molecule has 2 saturated carbocycles. The van der Waals surface area contributed by atoms with E-state index in [4.69, 9.17) is 4.42 Å². The average molecular weight is 436 g/mol. The summed E-state index contributed by atoms with van der Waals surface area (Å²) in [5.41, 5.74) is 0. The maximum atomic E-state index is 13.2. The van der Waals surface area contributed by atoms with E-state index >= 15 is 0 Å². The second-order valence-corrected chi connectivity index (χ2v) is 10.4. The summed E-state index contributed by atoms with van der Waals surface area (Å²) in [7, 11) is 0. The smallest absolute Gasteiger partial charge is 0.289 e. The highest BCUT2D eigenvalue weighted by molar-refractivity contribution is 7.79. The first kappa shape index (κ1) is 21.6. The molecule has 0 spiro atoms. The van der Waals surface area contributed by atoms with Gasteiger partial charge in [-0.2, -0.15) is 0 Å². The SMILES string of the molecule is CC(=O)N1C2CCC(C3CCC(S(=O)[O-])CC3)CC2N(C(=O)c2ccco2)C[C@@H]1C. The predicted octanol–water partition coefficient (Wildman–Crippen LogP) is 2.95. The van der Waals surface area contributed by atoms with Crippen molar-refractivity contribution in [1.82, 2.24) is 9.80 Å². The zero-order valence-electron chi connectivity index (χ0n) is 17.7. The van der Waals surface area contributed by atoms with Gasteiger partial charge in [-0.15, -0.1) is 0 Å². The lowest BCUT2D eigenvalue weighted by Gasteiger charge is -2.54. The van der Waals surface area contributed by atoms with Crippen LogP contribution in [0.25, 0.3) is 0 Å². The van der Waals surface area contributed by atoms with E-state index in [1.807, 2.05) is 16.7 Å². The van der Waals surface area contributed by atoms with Gasteiger partial charge in [0.15, 0.2) is 5.76 Å². The minimum atomic E-state index is -1.98. The van der Waals surface area contributed by atoms with E-state index in [1.54, 1.807) is 19.1 Å². The van der Waals surface area contributed by atoms with Crippen LogP contribution < -0.4 is 0 Å². The molecule has 2 heterocycles. The van der Waals surface area contributed by atoms with Crippen molar-refractivity contribution in [3.05, 3.63) is 24.2 Å². The number of hydrogen-bond donors (Lipinski definition) is 0. The van der Waals surface area contributed by atoms with Crippen LogP contribution in [-0.4, -0.2) is 60.3 Å². The lowest BCUT2D eigenvalue weighted by atomic mass is 9.69. The number of amides is 2. The second kappa shape index (κ2) is 8.83. The molecule has 2 aliphatic carbocycles. The largest absolute Gasteiger partial charge is 0.772 e. The number of carbonyl (C=O) groups is 2. The summed E-state index contributed by atoms with van der Waals surface area (Å²) in [6.07, 6.45) is 7.61. The van der Waals surface area contributed by atoms with Gasteiger partial charge < -0.3 is 18.8 Å². The molecule has 1 aromatic heterocycles. The normalized spacial score (nSPS) is 35.6. The Morgan fingerprint density at radius 2 is 1.80 bits per heavy atom. The van der Waals surface area contributed by atoms with E-state index in [-0.39, 0.29) is 35.2 Å². The first-order valence-electron chi connectivity index (χ1n) is 11.1. The van der Waals surface area contributed by atoms with Crippen LogP contribution >= 0.6 is 0 Å². The Bertz CT molecular complexity index is 789. The van der Waals surface area contributed by atoms with Gasteiger partial charge in [0.1, 0.15) is 0 Å². The summed E-state index contributed by atoms with van der Waals surface area (Å²) in [6.45, 7) is 4.14. The Morgan fingerprint density at radius 1 is 1.10 bits per heavy atom. The molecule has 30 heavy (non-hydrogen) atoms. The third-order valence-electron chi connectivity index (χ3n) is 7.53.